The van der Waals surface area contributed by atoms with Crippen LogP contribution >= 0.6 is 0 Å². The zero-order valence-electron chi connectivity index (χ0n) is 11.0. The monoisotopic (exact) mass is 245 g/mol. The van der Waals surface area contributed by atoms with Crippen molar-refractivity contribution in [3.8, 4) is 0 Å². The van der Waals surface area contributed by atoms with E-state index in [9.17, 15) is 9.59 Å². The van der Waals surface area contributed by atoms with Crippen molar-refractivity contribution in [3.05, 3.63) is 0 Å². The van der Waals surface area contributed by atoms with E-state index in [1.165, 1.54) is 0 Å². The maximum Gasteiger partial charge on any atom is 0.320 e. The van der Waals surface area contributed by atoms with Crippen LogP contribution < -0.4 is 0 Å². The number of nitrogens with zero attached hydrogens (tertiary/aromatic N) is 1. The van der Waals surface area contributed by atoms with Gasteiger partial charge in [-0.25, -0.2) is 0 Å². The number of rotatable bonds is 8. The van der Waals surface area contributed by atoms with Crippen molar-refractivity contribution in [2.75, 3.05) is 13.1 Å². The Morgan fingerprint density at radius 2 is 1.59 bits per heavy atom. The van der Waals surface area contributed by atoms with Gasteiger partial charge in [0.05, 0.1) is 5.92 Å². The van der Waals surface area contributed by atoms with Crippen molar-refractivity contribution in [2.24, 2.45) is 11.8 Å². The fourth-order valence-corrected chi connectivity index (χ4v) is 1.45. The number of carboxylic acid groups (broad SMARTS) is 2. The van der Waals surface area contributed by atoms with E-state index in [0.717, 1.165) is 6.42 Å². The van der Waals surface area contributed by atoms with Crippen LogP contribution in [0, 0.1) is 11.8 Å². The molecule has 0 aromatic carbocycles. The average Bonchev–Trinajstić information content (AvgIpc) is 2.22. The molecule has 2 unspecified atom stereocenters. The van der Waals surface area contributed by atoms with Gasteiger partial charge in [-0.2, -0.15) is 0 Å². The molecule has 0 bridgehead atoms. The van der Waals surface area contributed by atoms with Crippen molar-refractivity contribution in [1.29, 1.82) is 0 Å². The lowest BCUT2D eigenvalue weighted by atomic mass is 10.1. The Kier molecular flexibility index (Phi) is 6.80. The van der Waals surface area contributed by atoms with Crippen molar-refractivity contribution in [1.82, 2.24) is 4.90 Å². The first kappa shape index (κ1) is 15.9. The van der Waals surface area contributed by atoms with Gasteiger partial charge in [0.2, 0.25) is 0 Å². The molecule has 0 aliphatic carbocycles. The Balaban J connectivity index is 4.49. The van der Waals surface area contributed by atoms with Gasteiger partial charge >= 0.3 is 11.9 Å². The normalized spacial score (nSPS) is 14.9. The maximum atomic E-state index is 10.9. The summed E-state index contributed by atoms with van der Waals surface area (Å²) in [5.41, 5.74) is 0. The van der Waals surface area contributed by atoms with Gasteiger partial charge in [0, 0.05) is 6.54 Å². The number of aliphatic carboxylic acids is 2. The minimum atomic E-state index is -0.911. The first-order valence-electron chi connectivity index (χ1n) is 5.95. The summed E-state index contributed by atoms with van der Waals surface area (Å²) in [6.07, 6.45) is 0.865. The molecule has 0 rings (SSSR count). The SMILES string of the molecule is CC(C)CCN(CC(C)C(=O)O)C(C)C(=O)O. The molecule has 0 spiro atoms. The first-order valence-corrected chi connectivity index (χ1v) is 5.95. The fourth-order valence-electron chi connectivity index (χ4n) is 1.45. The summed E-state index contributed by atoms with van der Waals surface area (Å²) in [4.78, 5) is 23.5. The third kappa shape index (κ3) is 6.26. The minimum absolute atomic E-state index is 0.273. The Morgan fingerprint density at radius 1 is 1.06 bits per heavy atom. The summed E-state index contributed by atoms with van der Waals surface area (Å²) in [6.45, 7) is 8.20. The Morgan fingerprint density at radius 3 is 1.94 bits per heavy atom. The second-order valence-corrected chi connectivity index (χ2v) is 4.93. The van der Waals surface area contributed by atoms with Crippen LogP contribution in [0.2, 0.25) is 0 Å². The molecule has 0 radical (unpaired) electrons. The number of carboxylic acids is 2. The standard InChI is InChI=1S/C12H23NO4/c1-8(2)5-6-13(10(4)12(16)17)7-9(3)11(14)15/h8-10H,5-7H2,1-4H3,(H,14,15)(H,16,17). The second-order valence-electron chi connectivity index (χ2n) is 4.93. The van der Waals surface area contributed by atoms with E-state index >= 15 is 0 Å². The number of hydrogen-bond acceptors (Lipinski definition) is 3. The summed E-state index contributed by atoms with van der Waals surface area (Å²) in [5.74, 6) is -1.88. The molecular weight excluding hydrogens is 222 g/mol. The third-order valence-electron chi connectivity index (χ3n) is 2.83. The van der Waals surface area contributed by atoms with E-state index < -0.39 is 23.9 Å². The van der Waals surface area contributed by atoms with Crippen LogP contribution in [-0.4, -0.2) is 46.2 Å². The predicted molar refractivity (Wildman–Crippen MR) is 64.9 cm³/mol. The average molecular weight is 245 g/mol. The molecule has 2 atom stereocenters. The van der Waals surface area contributed by atoms with E-state index in [1.54, 1.807) is 18.7 Å². The molecule has 0 aromatic heterocycles. The zero-order chi connectivity index (χ0) is 13.6. The topological polar surface area (TPSA) is 77.8 Å². The zero-order valence-corrected chi connectivity index (χ0v) is 11.0. The molecule has 2 N–H and O–H groups in total. The van der Waals surface area contributed by atoms with Crippen LogP contribution in [0.4, 0.5) is 0 Å². The molecule has 0 aliphatic heterocycles. The highest BCUT2D eigenvalue weighted by atomic mass is 16.4. The van der Waals surface area contributed by atoms with E-state index in [4.69, 9.17) is 10.2 Å². The molecule has 0 fully saturated rings. The lowest BCUT2D eigenvalue weighted by Crippen LogP contribution is -2.43. The van der Waals surface area contributed by atoms with E-state index in [2.05, 4.69) is 13.8 Å². The smallest absolute Gasteiger partial charge is 0.320 e. The molecule has 100 valence electrons. The van der Waals surface area contributed by atoms with Crippen LogP contribution in [0.3, 0.4) is 0 Å². The molecule has 17 heavy (non-hydrogen) atoms. The summed E-state index contributed by atoms with van der Waals surface area (Å²) in [6, 6.07) is -0.643. The lowest BCUT2D eigenvalue weighted by Gasteiger charge is -2.28. The maximum absolute atomic E-state index is 10.9. The number of carbonyl (C=O) groups is 2. The Labute approximate surface area is 102 Å². The van der Waals surface area contributed by atoms with Crippen LogP contribution in [0.5, 0.6) is 0 Å². The molecule has 5 heteroatoms. The molecule has 0 heterocycles. The largest absolute Gasteiger partial charge is 0.481 e. The quantitative estimate of drug-likeness (QED) is 0.678. The van der Waals surface area contributed by atoms with Gasteiger partial charge in [0.1, 0.15) is 6.04 Å². The van der Waals surface area contributed by atoms with Gasteiger partial charge in [-0.15, -0.1) is 0 Å². The first-order chi connectivity index (χ1) is 7.75. The highest BCUT2D eigenvalue weighted by Gasteiger charge is 2.24. The highest BCUT2D eigenvalue weighted by Crippen LogP contribution is 2.10. The van der Waals surface area contributed by atoms with Gasteiger partial charge in [0.25, 0.3) is 0 Å². The van der Waals surface area contributed by atoms with Crippen LogP contribution in [-0.2, 0) is 9.59 Å². The summed E-state index contributed by atoms with van der Waals surface area (Å²) >= 11 is 0. The molecular formula is C12H23NO4. The lowest BCUT2D eigenvalue weighted by molar-refractivity contribution is -0.146. The van der Waals surface area contributed by atoms with Crippen LogP contribution in [0.1, 0.15) is 34.1 Å². The minimum Gasteiger partial charge on any atom is -0.481 e. The third-order valence-corrected chi connectivity index (χ3v) is 2.83. The Bertz CT molecular complexity index is 265. The van der Waals surface area contributed by atoms with Crippen LogP contribution in [0.25, 0.3) is 0 Å². The van der Waals surface area contributed by atoms with Gasteiger partial charge in [-0.1, -0.05) is 20.8 Å². The van der Waals surface area contributed by atoms with Gasteiger partial charge < -0.3 is 10.2 Å². The van der Waals surface area contributed by atoms with Gasteiger partial charge in [0.15, 0.2) is 0 Å². The van der Waals surface area contributed by atoms with Gasteiger partial charge in [-0.05, 0) is 25.8 Å². The van der Waals surface area contributed by atoms with Crippen LogP contribution in [0.15, 0.2) is 0 Å². The van der Waals surface area contributed by atoms with E-state index in [0.29, 0.717) is 12.5 Å². The van der Waals surface area contributed by atoms with Crippen molar-refractivity contribution >= 4 is 11.9 Å². The van der Waals surface area contributed by atoms with E-state index in [1.807, 2.05) is 0 Å². The highest BCUT2D eigenvalue weighted by molar-refractivity contribution is 5.73. The van der Waals surface area contributed by atoms with Crippen molar-refractivity contribution in [3.63, 3.8) is 0 Å². The summed E-state index contributed by atoms with van der Waals surface area (Å²) in [5, 5.41) is 17.8. The predicted octanol–water partition coefficient (Wildman–Crippen LogP) is 1.53. The van der Waals surface area contributed by atoms with E-state index in [-0.39, 0.29) is 6.54 Å². The fraction of sp³-hybridized carbons (Fsp3) is 0.833. The molecule has 5 nitrogen and oxygen atoms in total. The molecule has 0 amide bonds. The number of hydrogen-bond donors (Lipinski definition) is 2. The molecule has 0 aliphatic rings. The van der Waals surface area contributed by atoms with Crippen molar-refractivity contribution in [2.45, 2.75) is 40.2 Å². The molecule has 0 saturated heterocycles. The second kappa shape index (κ2) is 7.27. The Hall–Kier alpha value is -1.10. The van der Waals surface area contributed by atoms with Crippen molar-refractivity contribution < 1.29 is 19.8 Å². The molecule has 0 aromatic rings. The van der Waals surface area contributed by atoms with Gasteiger partial charge in [-0.3, -0.25) is 14.5 Å². The summed E-state index contributed by atoms with van der Waals surface area (Å²) < 4.78 is 0. The summed E-state index contributed by atoms with van der Waals surface area (Å²) in [7, 11) is 0. The molecule has 0 saturated carbocycles.